The summed E-state index contributed by atoms with van der Waals surface area (Å²) in [7, 11) is -3.50. The van der Waals surface area contributed by atoms with Crippen molar-refractivity contribution >= 4 is 21.4 Å². The molecule has 0 aromatic heterocycles. The van der Waals surface area contributed by atoms with Gasteiger partial charge in [-0.15, -0.1) is 0 Å². The molecule has 6 rings (SSSR count). The van der Waals surface area contributed by atoms with Crippen LogP contribution in [0.4, 0.5) is 11.4 Å². The number of rotatable bonds is 8. The van der Waals surface area contributed by atoms with Crippen LogP contribution in [-0.2, 0) is 16.6 Å². The van der Waals surface area contributed by atoms with Crippen molar-refractivity contribution in [1.82, 2.24) is 4.72 Å². The monoisotopic (exact) mass is 439 g/mol. The molecule has 2 aromatic rings. The van der Waals surface area contributed by atoms with Gasteiger partial charge in [-0.25, -0.2) is 13.1 Å². The lowest BCUT2D eigenvalue weighted by Crippen LogP contribution is -2.51. The van der Waals surface area contributed by atoms with Gasteiger partial charge in [-0.1, -0.05) is 37.3 Å². The lowest BCUT2D eigenvalue weighted by Gasteiger charge is -2.54. The first-order valence-electron chi connectivity index (χ1n) is 11.7. The van der Waals surface area contributed by atoms with Crippen LogP contribution in [0.15, 0.2) is 53.4 Å². The van der Waals surface area contributed by atoms with Gasteiger partial charge < -0.3 is 10.6 Å². The van der Waals surface area contributed by atoms with E-state index in [4.69, 9.17) is 0 Å². The van der Waals surface area contributed by atoms with Crippen LogP contribution in [0.2, 0.25) is 0 Å². The maximum atomic E-state index is 12.6. The van der Waals surface area contributed by atoms with Crippen molar-refractivity contribution in [3.63, 3.8) is 0 Å². The van der Waals surface area contributed by atoms with E-state index < -0.39 is 10.0 Å². The SMILES string of the molecule is CCNS(=O)(=O)c1ccc(NC2C3CC4CC(C3)CC2C4)c(NCc2ccccc2)c1. The zero-order chi connectivity index (χ0) is 21.4. The minimum Gasteiger partial charge on any atom is -0.380 e. The lowest BCUT2D eigenvalue weighted by atomic mass is 9.54. The van der Waals surface area contributed by atoms with E-state index in [-0.39, 0.29) is 0 Å². The van der Waals surface area contributed by atoms with Crippen molar-refractivity contribution in [2.75, 3.05) is 17.2 Å². The van der Waals surface area contributed by atoms with Gasteiger partial charge in [-0.2, -0.15) is 0 Å². The molecule has 4 aliphatic rings. The van der Waals surface area contributed by atoms with Crippen LogP contribution in [0, 0.1) is 23.7 Å². The molecule has 0 amide bonds. The first-order valence-corrected chi connectivity index (χ1v) is 13.2. The summed E-state index contributed by atoms with van der Waals surface area (Å²) in [4.78, 5) is 0.306. The van der Waals surface area contributed by atoms with Crippen LogP contribution in [0.5, 0.6) is 0 Å². The van der Waals surface area contributed by atoms with Crippen molar-refractivity contribution in [1.29, 1.82) is 0 Å². The quantitative estimate of drug-likeness (QED) is 0.551. The Morgan fingerprint density at radius 2 is 1.55 bits per heavy atom. The van der Waals surface area contributed by atoms with E-state index in [1.54, 1.807) is 19.1 Å². The molecule has 4 bridgehead atoms. The Morgan fingerprint density at radius 3 is 2.19 bits per heavy atom. The van der Waals surface area contributed by atoms with Crippen LogP contribution in [0.3, 0.4) is 0 Å². The summed E-state index contributed by atoms with van der Waals surface area (Å²) in [5, 5.41) is 7.36. The van der Waals surface area contributed by atoms with Gasteiger partial charge in [0.15, 0.2) is 0 Å². The number of benzene rings is 2. The molecule has 5 nitrogen and oxygen atoms in total. The second kappa shape index (κ2) is 8.47. The molecule has 6 heteroatoms. The number of hydrogen-bond donors (Lipinski definition) is 3. The molecule has 4 aliphatic carbocycles. The highest BCUT2D eigenvalue weighted by Crippen LogP contribution is 2.54. The zero-order valence-corrected chi connectivity index (χ0v) is 19.0. The van der Waals surface area contributed by atoms with E-state index in [1.165, 1.54) is 37.7 Å². The molecule has 0 heterocycles. The Morgan fingerprint density at radius 1 is 0.871 bits per heavy atom. The predicted octanol–water partition coefficient (Wildman–Crippen LogP) is 4.83. The normalized spacial score (nSPS) is 29.1. The fraction of sp³-hybridized carbons (Fsp3) is 0.520. The van der Waals surface area contributed by atoms with E-state index in [0.29, 0.717) is 24.0 Å². The number of sulfonamides is 1. The van der Waals surface area contributed by atoms with Gasteiger partial charge in [0.2, 0.25) is 10.0 Å². The van der Waals surface area contributed by atoms with E-state index >= 15 is 0 Å². The highest BCUT2D eigenvalue weighted by atomic mass is 32.2. The standard InChI is InChI=1S/C25H33N3O2S/c1-2-27-31(29,30)22-8-9-23(24(15-22)26-16-17-6-4-3-5-7-17)28-25-20-11-18-10-19(13-20)14-21(25)12-18/h3-9,15,18-21,25-28H,2,10-14,16H2,1H3. The second-order valence-electron chi connectivity index (χ2n) is 9.65. The zero-order valence-electron chi connectivity index (χ0n) is 18.2. The van der Waals surface area contributed by atoms with E-state index in [9.17, 15) is 8.42 Å². The van der Waals surface area contributed by atoms with Gasteiger partial charge in [0.25, 0.3) is 0 Å². The van der Waals surface area contributed by atoms with Gasteiger partial charge in [0.1, 0.15) is 0 Å². The Balaban J connectivity index is 1.41. The smallest absolute Gasteiger partial charge is 0.240 e. The molecule has 0 spiro atoms. The summed E-state index contributed by atoms with van der Waals surface area (Å²) in [6, 6.07) is 16.2. The minimum absolute atomic E-state index is 0.306. The number of hydrogen-bond acceptors (Lipinski definition) is 4. The highest BCUT2D eigenvalue weighted by molar-refractivity contribution is 7.89. The third-order valence-electron chi connectivity index (χ3n) is 7.51. The second-order valence-corrected chi connectivity index (χ2v) is 11.4. The van der Waals surface area contributed by atoms with Crippen molar-refractivity contribution in [2.24, 2.45) is 23.7 Å². The third kappa shape index (κ3) is 4.33. The first kappa shape index (κ1) is 20.8. The molecule has 0 aliphatic heterocycles. The lowest BCUT2D eigenvalue weighted by molar-refractivity contribution is 0.00756. The van der Waals surface area contributed by atoms with Gasteiger partial charge in [0.05, 0.1) is 16.3 Å². The molecule has 0 saturated heterocycles. The van der Waals surface area contributed by atoms with Gasteiger partial charge in [-0.3, -0.25) is 0 Å². The molecule has 2 aromatic carbocycles. The Kier molecular flexibility index (Phi) is 5.69. The highest BCUT2D eigenvalue weighted by Gasteiger charge is 2.48. The molecule has 0 atom stereocenters. The Bertz CT molecular complexity index is 994. The van der Waals surface area contributed by atoms with E-state index in [2.05, 4.69) is 27.5 Å². The average Bonchev–Trinajstić information content (AvgIpc) is 2.75. The number of anilines is 2. The summed E-state index contributed by atoms with van der Waals surface area (Å²) in [5.74, 6) is 3.37. The fourth-order valence-corrected chi connectivity index (χ4v) is 7.44. The average molecular weight is 440 g/mol. The van der Waals surface area contributed by atoms with Crippen LogP contribution in [-0.4, -0.2) is 21.0 Å². The van der Waals surface area contributed by atoms with E-state index in [1.807, 2.05) is 24.3 Å². The summed E-state index contributed by atoms with van der Waals surface area (Å²) in [6.45, 7) is 2.83. The molecule has 0 unspecified atom stereocenters. The Hall–Kier alpha value is -2.05. The van der Waals surface area contributed by atoms with Crippen LogP contribution >= 0.6 is 0 Å². The van der Waals surface area contributed by atoms with Crippen molar-refractivity contribution in [3.05, 3.63) is 54.1 Å². The maximum Gasteiger partial charge on any atom is 0.240 e. The van der Waals surface area contributed by atoms with Crippen LogP contribution in [0.1, 0.15) is 44.6 Å². The van der Waals surface area contributed by atoms with Gasteiger partial charge in [-0.05, 0) is 79.5 Å². The molecular weight excluding hydrogens is 406 g/mol. The molecule has 3 N–H and O–H groups in total. The molecule has 4 fully saturated rings. The topological polar surface area (TPSA) is 70.2 Å². The van der Waals surface area contributed by atoms with Gasteiger partial charge >= 0.3 is 0 Å². The Labute approximate surface area is 186 Å². The van der Waals surface area contributed by atoms with Crippen molar-refractivity contribution in [3.8, 4) is 0 Å². The molecule has 4 saturated carbocycles. The summed E-state index contributed by atoms with van der Waals surface area (Å²) in [6.07, 6.45) is 6.85. The van der Waals surface area contributed by atoms with Crippen LogP contribution < -0.4 is 15.4 Å². The van der Waals surface area contributed by atoms with Crippen LogP contribution in [0.25, 0.3) is 0 Å². The summed E-state index contributed by atoms with van der Waals surface area (Å²) < 4.78 is 27.8. The molecule has 0 radical (unpaired) electrons. The summed E-state index contributed by atoms with van der Waals surface area (Å²) >= 11 is 0. The molecular formula is C25H33N3O2S. The molecule has 166 valence electrons. The maximum absolute atomic E-state index is 12.6. The molecule has 31 heavy (non-hydrogen) atoms. The third-order valence-corrected chi connectivity index (χ3v) is 9.05. The largest absolute Gasteiger partial charge is 0.380 e. The number of nitrogens with one attached hydrogen (secondary N) is 3. The van der Waals surface area contributed by atoms with Crippen molar-refractivity contribution in [2.45, 2.75) is 56.5 Å². The summed E-state index contributed by atoms with van der Waals surface area (Å²) in [5.41, 5.74) is 3.04. The predicted molar refractivity (Wildman–Crippen MR) is 126 cm³/mol. The van der Waals surface area contributed by atoms with Crippen molar-refractivity contribution < 1.29 is 8.42 Å². The fourth-order valence-electron chi connectivity index (χ4n) is 6.37. The van der Waals surface area contributed by atoms with Gasteiger partial charge in [0, 0.05) is 19.1 Å². The minimum atomic E-state index is -3.50. The first-order chi connectivity index (χ1) is 15.0. The van der Waals surface area contributed by atoms with E-state index in [0.717, 1.165) is 35.0 Å².